The number of carbonyl (C=O) groups is 2. The summed E-state index contributed by atoms with van der Waals surface area (Å²) in [6, 6.07) is 21.7. The van der Waals surface area contributed by atoms with Crippen LogP contribution in [0.3, 0.4) is 0 Å². The smallest absolute Gasteiger partial charge is 0.254 e. The lowest BCUT2D eigenvalue weighted by Crippen LogP contribution is -2.41. The van der Waals surface area contributed by atoms with E-state index in [4.69, 9.17) is 11.2 Å². The molecule has 3 aromatic carbocycles. The molecule has 5 nitrogen and oxygen atoms in total. The average molecular weight is 511 g/mol. The Hall–Kier alpha value is -3.69. The molecule has 6 heteroatoms. The molecular formula is C28H19BrN2O3. The van der Waals surface area contributed by atoms with Gasteiger partial charge < -0.3 is 4.74 Å². The number of halogens is 1. The second kappa shape index (κ2) is 7.96. The molecule has 2 atom stereocenters. The number of amides is 2. The maximum atomic E-state index is 13.6. The van der Waals surface area contributed by atoms with E-state index >= 15 is 0 Å². The maximum absolute atomic E-state index is 13.6. The number of carbonyl (C=O) groups excluding carboxylic acids is 2. The summed E-state index contributed by atoms with van der Waals surface area (Å²) in [4.78, 5) is 27.3. The van der Waals surface area contributed by atoms with Crippen LogP contribution in [0.1, 0.15) is 39.7 Å². The third kappa shape index (κ3) is 2.97. The number of rotatable bonds is 4. The van der Waals surface area contributed by atoms with Gasteiger partial charge in [-0.3, -0.25) is 9.59 Å². The SMILES string of the molecule is C#CCOc1ccc(Br)cc1/C=N\N1C(=O)[C@@H]2C3c4ccccc4C(c4ccccc43)[C@@H]2C1=O. The second-order valence-electron chi connectivity index (χ2n) is 8.67. The molecule has 2 amide bonds. The average Bonchev–Trinajstić information content (AvgIpc) is 3.12. The van der Waals surface area contributed by atoms with Gasteiger partial charge in [-0.1, -0.05) is 70.4 Å². The van der Waals surface area contributed by atoms with Crippen molar-refractivity contribution in [2.24, 2.45) is 16.9 Å². The van der Waals surface area contributed by atoms with Crippen LogP contribution >= 0.6 is 15.9 Å². The van der Waals surface area contributed by atoms with Crippen LogP contribution in [0.25, 0.3) is 0 Å². The summed E-state index contributed by atoms with van der Waals surface area (Å²) in [5, 5.41) is 5.42. The van der Waals surface area contributed by atoms with E-state index in [2.05, 4.69) is 51.2 Å². The molecule has 0 unspecified atom stereocenters. The minimum Gasteiger partial charge on any atom is -0.480 e. The number of imide groups is 1. The fourth-order valence-corrected chi connectivity index (χ4v) is 6.15. The molecule has 1 aliphatic heterocycles. The van der Waals surface area contributed by atoms with Crippen molar-refractivity contribution >= 4 is 34.0 Å². The van der Waals surface area contributed by atoms with E-state index in [0.717, 1.165) is 31.7 Å². The molecule has 7 rings (SSSR count). The van der Waals surface area contributed by atoms with E-state index in [1.165, 1.54) is 6.21 Å². The Bertz CT molecular complexity index is 1310. The van der Waals surface area contributed by atoms with Gasteiger partial charge in [-0.25, -0.2) is 0 Å². The number of hydrogen-bond acceptors (Lipinski definition) is 4. The minimum atomic E-state index is -0.459. The Morgan fingerprint density at radius 2 is 1.44 bits per heavy atom. The van der Waals surface area contributed by atoms with Crippen molar-refractivity contribution in [3.05, 3.63) is 99.0 Å². The first-order valence-electron chi connectivity index (χ1n) is 11.1. The molecule has 1 saturated heterocycles. The number of terminal acetylenes is 1. The zero-order valence-electron chi connectivity index (χ0n) is 18.0. The van der Waals surface area contributed by atoms with Crippen molar-refractivity contribution in [3.63, 3.8) is 0 Å². The summed E-state index contributed by atoms with van der Waals surface area (Å²) in [6.45, 7) is 0.105. The van der Waals surface area contributed by atoms with Crippen LogP contribution in [0.2, 0.25) is 0 Å². The number of hydrogen-bond donors (Lipinski definition) is 0. The molecule has 1 fully saturated rings. The van der Waals surface area contributed by atoms with Crippen molar-refractivity contribution in [3.8, 4) is 18.1 Å². The molecule has 3 aromatic rings. The van der Waals surface area contributed by atoms with Crippen LogP contribution in [0.4, 0.5) is 0 Å². The van der Waals surface area contributed by atoms with Gasteiger partial charge >= 0.3 is 0 Å². The molecule has 4 aliphatic rings. The van der Waals surface area contributed by atoms with Crippen molar-refractivity contribution in [2.75, 3.05) is 6.61 Å². The quantitative estimate of drug-likeness (QED) is 0.290. The van der Waals surface area contributed by atoms with Crippen LogP contribution in [0.5, 0.6) is 5.75 Å². The van der Waals surface area contributed by atoms with E-state index in [9.17, 15) is 9.59 Å². The fourth-order valence-electron chi connectivity index (χ4n) is 5.77. The van der Waals surface area contributed by atoms with Crippen LogP contribution in [0.15, 0.2) is 76.3 Å². The molecular weight excluding hydrogens is 492 g/mol. The lowest BCUT2D eigenvalue weighted by molar-refractivity contribution is -0.139. The maximum Gasteiger partial charge on any atom is 0.254 e. The third-order valence-electron chi connectivity index (χ3n) is 7.02. The Morgan fingerprint density at radius 3 is 1.94 bits per heavy atom. The number of nitrogens with zero attached hydrogens (tertiary/aromatic N) is 2. The van der Waals surface area contributed by atoms with E-state index in [-0.39, 0.29) is 30.3 Å². The number of benzene rings is 3. The summed E-state index contributed by atoms with van der Waals surface area (Å²) >= 11 is 3.44. The first kappa shape index (κ1) is 20.9. The van der Waals surface area contributed by atoms with Crippen molar-refractivity contribution in [1.82, 2.24) is 5.01 Å². The van der Waals surface area contributed by atoms with Gasteiger partial charge in [0.2, 0.25) is 0 Å². The largest absolute Gasteiger partial charge is 0.480 e. The Labute approximate surface area is 205 Å². The zero-order valence-corrected chi connectivity index (χ0v) is 19.6. The topological polar surface area (TPSA) is 59.0 Å². The van der Waals surface area contributed by atoms with Crippen LogP contribution < -0.4 is 4.74 Å². The lowest BCUT2D eigenvalue weighted by atomic mass is 9.55. The molecule has 2 bridgehead atoms. The first-order valence-corrected chi connectivity index (χ1v) is 11.8. The van der Waals surface area contributed by atoms with Crippen LogP contribution in [-0.4, -0.2) is 29.6 Å². The van der Waals surface area contributed by atoms with Crippen molar-refractivity contribution < 1.29 is 14.3 Å². The van der Waals surface area contributed by atoms with Crippen LogP contribution in [-0.2, 0) is 9.59 Å². The normalized spacial score (nSPS) is 24.1. The summed E-state index contributed by atoms with van der Waals surface area (Å²) in [5.74, 6) is 1.23. The van der Waals surface area contributed by atoms with Gasteiger partial charge in [-0.15, -0.1) is 6.42 Å². The molecule has 0 spiro atoms. The second-order valence-corrected chi connectivity index (χ2v) is 9.59. The van der Waals surface area contributed by atoms with Gasteiger partial charge in [0.25, 0.3) is 11.8 Å². The highest BCUT2D eigenvalue weighted by Crippen LogP contribution is 2.60. The minimum absolute atomic E-state index is 0.105. The summed E-state index contributed by atoms with van der Waals surface area (Å²) in [6.07, 6.45) is 6.81. The summed E-state index contributed by atoms with van der Waals surface area (Å²) in [5.41, 5.74) is 5.16. The van der Waals surface area contributed by atoms with Crippen molar-refractivity contribution in [1.29, 1.82) is 0 Å². The highest BCUT2D eigenvalue weighted by atomic mass is 79.9. The standard InChI is InChI=1S/C28H19BrN2O3/c1-2-13-34-22-12-11-17(29)14-16(22)15-30-31-27(32)25-23-18-7-3-4-8-19(18)24(26(25)28(31)33)21-10-6-5-9-20(21)23/h1,3-12,14-15,23-26H,13H2/b30-15-/t23?,24?,25-,26+. The predicted molar refractivity (Wildman–Crippen MR) is 131 cm³/mol. The van der Waals surface area contributed by atoms with E-state index in [1.807, 2.05) is 36.4 Å². The lowest BCUT2D eigenvalue weighted by Gasteiger charge is -2.45. The molecule has 0 aromatic heterocycles. The first-order chi connectivity index (χ1) is 16.6. The molecule has 0 N–H and O–H groups in total. The fraction of sp³-hybridized carbons (Fsp3) is 0.179. The van der Waals surface area contributed by atoms with Gasteiger partial charge in [0.05, 0.1) is 18.1 Å². The Kier molecular flexibility index (Phi) is 4.89. The Balaban J connectivity index is 1.40. The van der Waals surface area contributed by atoms with E-state index in [1.54, 1.807) is 6.07 Å². The molecule has 0 radical (unpaired) electrons. The number of ether oxygens (including phenoxy) is 1. The van der Waals surface area contributed by atoms with Gasteiger partial charge in [-0.2, -0.15) is 10.1 Å². The molecule has 166 valence electrons. The highest BCUT2D eigenvalue weighted by molar-refractivity contribution is 9.10. The van der Waals surface area contributed by atoms with Crippen molar-refractivity contribution in [2.45, 2.75) is 11.8 Å². The van der Waals surface area contributed by atoms with Gasteiger partial charge in [-0.05, 0) is 40.5 Å². The number of hydrazone groups is 1. The summed E-state index contributed by atoms with van der Waals surface area (Å²) in [7, 11) is 0. The van der Waals surface area contributed by atoms with Gasteiger partial charge in [0.15, 0.2) is 0 Å². The molecule has 3 aliphatic carbocycles. The monoisotopic (exact) mass is 510 g/mol. The third-order valence-corrected chi connectivity index (χ3v) is 7.51. The van der Waals surface area contributed by atoms with E-state index in [0.29, 0.717) is 11.3 Å². The van der Waals surface area contributed by atoms with Gasteiger partial charge in [0, 0.05) is 21.9 Å². The molecule has 1 heterocycles. The predicted octanol–water partition coefficient (Wildman–Crippen LogP) is 4.69. The van der Waals surface area contributed by atoms with Gasteiger partial charge in [0.1, 0.15) is 12.4 Å². The molecule has 0 saturated carbocycles. The van der Waals surface area contributed by atoms with E-state index < -0.39 is 11.8 Å². The summed E-state index contributed by atoms with van der Waals surface area (Å²) < 4.78 is 6.42. The highest BCUT2D eigenvalue weighted by Gasteiger charge is 2.61. The zero-order chi connectivity index (χ0) is 23.4. The van der Waals surface area contributed by atoms with Crippen LogP contribution in [0, 0.1) is 24.2 Å². The molecule has 34 heavy (non-hydrogen) atoms. The Morgan fingerprint density at radius 1 is 0.912 bits per heavy atom.